The van der Waals surface area contributed by atoms with Crippen molar-refractivity contribution in [3.63, 3.8) is 0 Å². The zero-order valence-electron chi connectivity index (χ0n) is 11.1. The van der Waals surface area contributed by atoms with Gasteiger partial charge in [0.05, 0.1) is 0 Å². The van der Waals surface area contributed by atoms with Crippen LogP contribution in [0.1, 0.15) is 20.8 Å². The molecule has 17 heavy (non-hydrogen) atoms. The van der Waals surface area contributed by atoms with E-state index in [-0.39, 0.29) is 0 Å². The molecular weight excluding hydrogens is 208 g/mol. The summed E-state index contributed by atoms with van der Waals surface area (Å²) < 4.78 is 5.79. The van der Waals surface area contributed by atoms with Crippen molar-refractivity contribution in [3.8, 4) is 0 Å². The fraction of sp³-hybridized carbons (Fsp3) is 0.250. The summed E-state index contributed by atoms with van der Waals surface area (Å²) in [7, 11) is 0. The second kappa shape index (κ2) is 8.40. The molecule has 0 amide bonds. The predicted octanol–water partition coefficient (Wildman–Crippen LogP) is 4.93. The molecule has 0 spiro atoms. The van der Waals surface area contributed by atoms with Crippen molar-refractivity contribution in [2.45, 2.75) is 20.8 Å². The zero-order valence-corrected chi connectivity index (χ0v) is 11.1. The van der Waals surface area contributed by atoms with Gasteiger partial charge in [0.2, 0.25) is 0 Å². The molecule has 0 bridgehead atoms. The Hall–Kier alpha value is -1.76. The maximum absolute atomic E-state index is 5.79. The van der Waals surface area contributed by atoms with Gasteiger partial charge in [0.25, 0.3) is 0 Å². The molecule has 0 saturated heterocycles. The van der Waals surface area contributed by atoms with E-state index in [0.29, 0.717) is 5.92 Å². The Morgan fingerprint density at radius 2 is 1.71 bits per heavy atom. The van der Waals surface area contributed by atoms with Crippen LogP contribution < -0.4 is 0 Å². The molecule has 0 rings (SSSR count). The third-order valence-electron chi connectivity index (χ3n) is 2.12. The van der Waals surface area contributed by atoms with Crippen LogP contribution in [-0.4, -0.2) is 0 Å². The maximum Gasteiger partial charge on any atom is 0.130 e. The summed E-state index contributed by atoms with van der Waals surface area (Å²) in [6.45, 7) is 17.5. The summed E-state index contributed by atoms with van der Waals surface area (Å²) in [6.07, 6.45) is 10.8. The molecule has 1 nitrogen and oxygen atoms in total. The lowest BCUT2D eigenvalue weighted by Crippen LogP contribution is -2.00. The van der Waals surface area contributed by atoms with Gasteiger partial charge in [-0.25, -0.2) is 0 Å². The predicted molar refractivity (Wildman–Crippen MR) is 76.4 cm³/mol. The first kappa shape index (κ1) is 15.2. The third kappa shape index (κ3) is 5.76. The fourth-order valence-corrected chi connectivity index (χ4v) is 1.13. The quantitative estimate of drug-likeness (QED) is 0.445. The summed E-state index contributed by atoms with van der Waals surface area (Å²) in [5.74, 6) is 1.80. The van der Waals surface area contributed by atoms with E-state index in [2.05, 4.69) is 33.6 Å². The maximum atomic E-state index is 5.79. The van der Waals surface area contributed by atoms with Crippen LogP contribution in [0.5, 0.6) is 0 Å². The van der Waals surface area contributed by atoms with Gasteiger partial charge in [-0.05, 0) is 36.6 Å². The number of allylic oxidation sites excluding steroid dienone is 7. The molecule has 0 saturated carbocycles. The van der Waals surface area contributed by atoms with Crippen molar-refractivity contribution in [2.24, 2.45) is 5.92 Å². The van der Waals surface area contributed by atoms with Crippen LogP contribution in [0.4, 0.5) is 0 Å². The molecule has 0 radical (unpaired) electrons. The van der Waals surface area contributed by atoms with E-state index in [9.17, 15) is 0 Å². The number of hydrogen-bond acceptors (Lipinski definition) is 1. The molecule has 0 heterocycles. The lowest BCUT2D eigenvalue weighted by atomic mass is 10.0. The van der Waals surface area contributed by atoms with Crippen molar-refractivity contribution in [1.29, 1.82) is 0 Å². The third-order valence-corrected chi connectivity index (χ3v) is 2.12. The standard InChI is InChI=1S/C16H22O/c1-7-10-15(11-8-2)17-16(12-9-3)14(6)13(4)5/h7-13H,1,3,6H2,2,4-5H3/b11-8-,15-10+,16-12+. The van der Waals surface area contributed by atoms with E-state index in [4.69, 9.17) is 4.74 Å². The minimum absolute atomic E-state index is 0.330. The largest absolute Gasteiger partial charge is 0.457 e. The minimum Gasteiger partial charge on any atom is -0.457 e. The molecule has 0 aliphatic heterocycles. The molecule has 0 fully saturated rings. The molecule has 1 heteroatoms. The molecule has 0 aromatic rings. The Kier molecular flexibility index (Phi) is 7.53. The lowest BCUT2D eigenvalue weighted by Gasteiger charge is -2.15. The summed E-state index contributed by atoms with van der Waals surface area (Å²) >= 11 is 0. The molecule has 0 aliphatic carbocycles. The van der Waals surface area contributed by atoms with Gasteiger partial charge in [-0.1, -0.05) is 51.8 Å². The van der Waals surface area contributed by atoms with Crippen LogP contribution in [0, 0.1) is 5.92 Å². The van der Waals surface area contributed by atoms with Crippen molar-refractivity contribution in [2.75, 3.05) is 0 Å². The second-order valence-corrected chi connectivity index (χ2v) is 3.85. The molecule has 0 aromatic heterocycles. The van der Waals surface area contributed by atoms with Crippen molar-refractivity contribution >= 4 is 0 Å². The number of rotatable bonds is 7. The Morgan fingerprint density at radius 1 is 1.12 bits per heavy atom. The van der Waals surface area contributed by atoms with Gasteiger partial charge in [0, 0.05) is 0 Å². The fourth-order valence-electron chi connectivity index (χ4n) is 1.13. The SMILES string of the molecule is C=C/C=C(\C=C/C)O/C(=C/C=C)C(=C)C(C)C. The highest BCUT2D eigenvalue weighted by Crippen LogP contribution is 2.21. The number of ether oxygens (including phenoxy) is 1. The van der Waals surface area contributed by atoms with Gasteiger partial charge in [0.15, 0.2) is 0 Å². The van der Waals surface area contributed by atoms with Crippen LogP contribution in [0.2, 0.25) is 0 Å². The lowest BCUT2D eigenvalue weighted by molar-refractivity contribution is 0.323. The number of hydrogen-bond donors (Lipinski definition) is 0. The zero-order chi connectivity index (χ0) is 13.3. The van der Waals surface area contributed by atoms with E-state index in [0.717, 1.165) is 17.1 Å². The van der Waals surface area contributed by atoms with Crippen LogP contribution in [0.25, 0.3) is 0 Å². The summed E-state index contributed by atoms with van der Waals surface area (Å²) in [5.41, 5.74) is 0.948. The van der Waals surface area contributed by atoms with E-state index in [1.54, 1.807) is 12.2 Å². The van der Waals surface area contributed by atoms with Crippen LogP contribution in [-0.2, 0) is 4.74 Å². The average molecular weight is 230 g/mol. The summed E-state index contributed by atoms with van der Waals surface area (Å²) in [6, 6.07) is 0. The molecule has 92 valence electrons. The molecular formula is C16H22O. The molecule has 0 aliphatic rings. The first-order chi connectivity index (χ1) is 8.06. The first-order valence-corrected chi connectivity index (χ1v) is 5.72. The average Bonchev–Trinajstić information content (AvgIpc) is 2.28. The smallest absolute Gasteiger partial charge is 0.130 e. The molecule has 0 aromatic carbocycles. The van der Waals surface area contributed by atoms with Crippen LogP contribution in [0.3, 0.4) is 0 Å². The highest BCUT2D eigenvalue weighted by atomic mass is 16.5. The van der Waals surface area contributed by atoms with E-state index in [1.807, 2.05) is 31.2 Å². The monoisotopic (exact) mass is 230 g/mol. The van der Waals surface area contributed by atoms with Crippen molar-refractivity contribution in [1.82, 2.24) is 0 Å². The Morgan fingerprint density at radius 3 is 2.12 bits per heavy atom. The van der Waals surface area contributed by atoms with Gasteiger partial charge in [-0.3, -0.25) is 0 Å². The van der Waals surface area contributed by atoms with E-state index in [1.165, 1.54) is 0 Å². The highest BCUT2D eigenvalue weighted by Gasteiger charge is 2.08. The van der Waals surface area contributed by atoms with E-state index < -0.39 is 0 Å². The summed E-state index contributed by atoms with van der Waals surface area (Å²) in [4.78, 5) is 0. The normalized spacial score (nSPS) is 12.9. The highest BCUT2D eigenvalue weighted by molar-refractivity contribution is 5.31. The van der Waals surface area contributed by atoms with Crippen LogP contribution >= 0.6 is 0 Å². The molecule has 0 atom stereocenters. The Bertz CT molecular complexity index is 365. The second-order valence-electron chi connectivity index (χ2n) is 3.85. The van der Waals surface area contributed by atoms with Gasteiger partial charge in [-0.15, -0.1) is 0 Å². The Labute approximate surface area is 105 Å². The first-order valence-electron chi connectivity index (χ1n) is 5.72. The van der Waals surface area contributed by atoms with Gasteiger partial charge in [0.1, 0.15) is 11.5 Å². The van der Waals surface area contributed by atoms with Crippen LogP contribution in [0.15, 0.2) is 73.3 Å². The van der Waals surface area contributed by atoms with Gasteiger partial charge >= 0.3 is 0 Å². The van der Waals surface area contributed by atoms with Crippen molar-refractivity contribution < 1.29 is 4.74 Å². The van der Waals surface area contributed by atoms with Gasteiger partial charge < -0.3 is 4.74 Å². The summed E-state index contributed by atoms with van der Waals surface area (Å²) in [5, 5.41) is 0. The molecule has 0 N–H and O–H groups in total. The minimum atomic E-state index is 0.330. The van der Waals surface area contributed by atoms with Crippen molar-refractivity contribution in [3.05, 3.63) is 73.3 Å². The Balaban J connectivity index is 5.05. The van der Waals surface area contributed by atoms with E-state index >= 15 is 0 Å². The topological polar surface area (TPSA) is 9.23 Å². The molecule has 0 unspecified atom stereocenters. The van der Waals surface area contributed by atoms with Gasteiger partial charge in [-0.2, -0.15) is 0 Å².